The smallest absolute Gasteiger partial charge is 0.407 e. The number of alkyl halides is 3. The van der Waals surface area contributed by atoms with Crippen molar-refractivity contribution in [3.8, 4) is 11.1 Å². The van der Waals surface area contributed by atoms with E-state index in [2.05, 4.69) is 10.3 Å². The van der Waals surface area contributed by atoms with E-state index in [0.29, 0.717) is 11.3 Å². The van der Waals surface area contributed by atoms with Crippen LogP contribution < -0.4 is 5.32 Å². The van der Waals surface area contributed by atoms with Gasteiger partial charge in [0, 0.05) is 11.8 Å². The van der Waals surface area contributed by atoms with Gasteiger partial charge in [0.05, 0.1) is 17.8 Å². The van der Waals surface area contributed by atoms with Crippen LogP contribution in [0.2, 0.25) is 0 Å². The molecule has 3 unspecified atom stereocenters. The number of halogens is 3. The van der Waals surface area contributed by atoms with Crippen LogP contribution in [0.3, 0.4) is 0 Å². The first-order valence-electron chi connectivity index (χ1n) is 12.5. The van der Waals surface area contributed by atoms with Gasteiger partial charge in [0.15, 0.2) is 0 Å². The van der Waals surface area contributed by atoms with Crippen LogP contribution in [-0.4, -0.2) is 46.8 Å². The molecule has 10 heteroatoms. The number of carbonyl (C=O) groups excluding carboxylic acids is 2. The molecule has 1 aromatic heterocycles. The van der Waals surface area contributed by atoms with Crippen molar-refractivity contribution >= 4 is 12.0 Å². The molecule has 1 aliphatic heterocycles. The second-order valence-electron chi connectivity index (χ2n) is 9.74. The van der Waals surface area contributed by atoms with Crippen LogP contribution in [-0.2, 0) is 20.9 Å². The summed E-state index contributed by atoms with van der Waals surface area (Å²) in [5.74, 6) is -1.46. The molecule has 39 heavy (non-hydrogen) atoms. The van der Waals surface area contributed by atoms with E-state index < -0.39 is 43.0 Å². The van der Waals surface area contributed by atoms with Gasteiger partial charge in [-0.05, 0) is 43.5 Å². The van der Waals surface area contributed by atoms with E-state index in [9.17, 15) is 22.8 Å². The Kier molecular flexibility index (Phi) is 8.54. The topological polar surface area (TPSA) is 80.8 Å². The summed E-state index contributed by atoms with van der Waals surface area (Å²) in [5, 5.41) is 2.76. The molecule has 0 spiro atoms. The van der Waals surface area contributed by atoms with E-state index in [-0.39, 0.29) is 12.6 Å². The second kappa shape index (κ2) is 11.9. The van der Waals surface area contributed by atoms with Gasteiger partial charge < -0.3 is 19.7 Å². The number of aromatic nitrogens is 1. The third-order valence-electron chi connectivity index (χ3n) is 6.61. The summed E-state index contributed by atoms with van der Waals surface area (Å²) in [6, 6.07) is 18.5. The highest BCUT2D eigenvalue weighted by Gasteiger charge is 2.52. The fraction of sp³-hybridized carbons (Fsp3) is 0.345. The van der Waals surface area contributed by atoms with Gasteiger partial charge in [-0.15, -0.1) is 0 Å². The monoisotopic (exact) mass is 541 g/mol. The molecule has 1 N–H and O–H groups in total. The number of amides is 2. The van der Waals surface area contributed by atoms with Gasteiger partial charge in [-0.2, -0.15) is 8.78 Å². The SMILES string of the molecule is CC(NC(=O)OCc1ccccc1)c1ccc(-c2ccc(C3OC(C)(C)N(C(=O)C(F)F)C3CF)cc2)cn1. The lowest BCUT2D eigenvalue weighted by atomic mass is 9.99. The zero-order chi connectivity index (χ0) is 28.2. The van der Waals surface area contributed by atoms with Crippen molar-refractivity contribution in [3.05, 3.63) is 89.7 Å². The summed E-state index contributed by atoms with van der Waals surface area (Å²) in [4.78, 5) is 29.5. The number of benzene rings is 2. The molecule has 3 atom stereocenters. The number of carbonyl (C=O) groups is 2. The van der Waals surface area contributed by atoms with E-state index in [1.54, 1.807) is 43.5 Å². The van der Waals surface area contributed by atoms with Crippen molar-refractivity contribution < 1.29 is 32.2 Å². The Morgan fingerprint density at radius 1 is 1.05 bits per heavy atom. The fourth-order valence-corrected chi connectivity index (χ4v) is 4.67. The Hall–Kier alpha value is -3.92. The number of nitrogens with zero attached hydrogens (tertiary/aromatic N) is 2. The van der Waals surface area contributed by atoms with Gasteiger partial charge in [0.2, 0.25) is 0 Å². The number of nitrogens with one attached hydrogen (secondary N) is 1. The molecule has 1 fully saturated rings. The van der Waals surface area contributed by atoms with Crippen LogP contribution >= 0.6 is 0 Å². The Morgan fingerprint density at radius 2 is 1.72 bits per heavy atom. The highest BCUT2D eigenvalue weighted by molar-refractivity contribution is 5.80. The molecular weight excluding hydrogens is 511 g/mol. The Morgan fingerprint density at radius 3 is 2.31 bits per heavy atom. The number of hydrogen-bond donors (Lipinski definition) is 1. The zero-order valence-electron chi connectivity index (χ0n) is 21.8. The third kappa shape index (κ3) is 6.39. The maximum Gasteiger partial charge on any atom is 0.407 e. The molecule has 2 aromatic carbocycles. The molecule has 4 rings (SSSR count). The molecule has 0 saturated carbocycles. The van der Waals surface area contributed by atoms with E-state index in [1.807, 2.05) is 36.4 Å². The Bertz CT molecular complexity index is 1270. The molecular formula is C29H30F3N3O4. The van der Waals surface area contributed by atoms with E-state index in [0.717, 1.165) is 21.6 Å². The summed E-state index contributed by atoms with van der Waals surface area (Å²) in [6.07, 6.45) is -3.03. The lowest BCUT2D eigenvalue weighted by Gasteiger charge is -2.32. The molecule has 1 saturated heterocycles. The van der Waals surface area contributed by atoms with Crippen molar-refractivity contribution in [1.82, 2.24) is 15.2 Å². The molecule has 0 bridgehead atoms. The van der Waals surface area contributed by atoms with Gasteiger partial charge in [0.1, 0.15) is 25.1 Å². The van der Waals surface area contributed by atoms with Crippen LogP contribution in [0.15, 0.2) is 72.9 Å². The molecule has 7 nitrogen and oxygen atoms in total. The first-order chi connectivity index (χ1) is 18.6. The predicted octanol–water partition coefficient (Wildman–Crippen LogP) is 5.98. The lowest BCUT2D eigenvalue weighted by Crippen LogP contribution is -2.51. The van der Waals surface area contributed by atoms with Gasteiger partial charge in [0.25, 0.3) is 5.91 Å². The van der Waals surface area contributed by atoms with E-state index in [1.165, 1.54) is 13.8 Å². The van der Waals surface area contributed by atoms with E-state index >= 15 is 0 Å². The molecule has 0 radical (unpaired) electrons. The third-order valence-corrected chi connectivity index (χ3v) is 6.61. The average molecular weight is 542 g/mol. The fourth-order valence-electron chi connectivity index (χ4n) is 4.67. The standard InChI is InChI=1S/C29H30F3N3O4/c1-18(34-28(37)38-17-19-7-5-4-6-8-19)23-14-13-22(16-33-23)20-9-11-21(12-10-20)25-24(15-30)35(27(36)26(31)32)29(2,3)39-25/h4-14,16,18,24-26H,15,17H2,1-3H3,(H,34,37). The average Bonchev–Trinajstić information content (AvgIpc) is 3.22. The van der Waals surface area contributed by atoms with Crippen LogP contribution in [0.1, 0.15) is 49.7 Å². The summed E-state index contributed by atoms with van der Waals surface area (Å²) >= 11 is 0. The van der Waals surface area contributed by atoms with Crippen LogP contribution in [0.4, 0.5) is 18.0 Å². The largest absolute Gasteiger partial charge is 0.445 e. The minimum atomic E-state index is -3.25. The summed E-state index contributed by atoms with van der Waals surface area (Å²) in [7, 11) is 0. The number of rotatable bonds is 8. The second-order valence-corrected chi connectivity index (χ2v) is 9.74. The molecule has 0 aliphatic carbocycles. The number of hydrogen-bond acceptors (Lipinski definition) is 5. The minimum Gasteiger partial charge on any atom is -0.445 e. The molecule has 2 heterocycles. The summed E-state index contributed by atoms with van der Waals surface area (Å²) in [5.41, 5.74) is 2.32. The molecule has 1 aliphatic rings. The zero-order valence-corrected chi connectivity index (χ0v) is 21.8. The van der Waals surface area contributed by atoms with Crippen molar-refractivity contribution in [2.24, 2.45) is 0 Å². The number of ether oxygens (including phenoxy) is 2. The molecule has 3 aromatic rings. The highest BCUT2D eigenvalue weighted by Crippen LogP contribution is 2.42. The first-order valence-corrected chi connectivity index (χ1v) is 12.5. The maximum atomic E-state index is 13.9. The summed E-state index contributed by atoms with van der Waals surface area (Å²) < 4.78 is 51.3. The van der Waals surface area contributed by atoms with Gasteiger partial charge in [-0.25, -0.2) is 9.18 Å². The number of alkyl carbamates (subject to hydrolysis) is 1. The van der Waals surface area contributed by atoms with Crippen LogP contribution in [0.5, 0.6) is 0 Å². The van der Waals surface area contributed by atoms with Crippen LogP contribution in [0, 0.1) is 0 Å². The van der Waals surface area contributed by atoms with Crippen molar-refractivity contribution in [1.29, 1.82) is 0 Å². The highest BCUT2D eigenvalue weighted by atomic mass is 19.3. The van der Waals surface area contributed by atoms with Crippen molar-refractivity contribution in [2.75, 3.05) is 6.67 Å². The van der Waals surface area contributed by atoms with Gasteiger partial charge >= 0.3 is 12.5 Å². The van der Waals surface area contributed by atoms with E-state index in [4.69, 9.17) is 9.47 Å². The van der Waals surface area contributed by atoms with Crippen LogP contribution in [0.25, 0.3) is 11.1 Å². The summed E-state index contributed by atoms with van der Waals surface area (Å²) in [6.45, 7) is 3.88. The number of pyridine rings is 1. The lowest BCUT2D eigenvalue weighted by molar-refractivity contribution is -0.159. The molecule has 2 amide bonds. The molecule has 206 valence electrons. The minimum absolute atomic E-state index is 0.164. The Balaban J connectivity index is 1.40. The predicted molar refractivity (Wildman–Crippen MR) is 138 cm³/mol. The van der Waals surface area contributed by atoms with Crippen molar-refractivity contribution in [2.45, 2.75) is 57.7 Å². The van der Waals surface area contributed by atoms with Gasteiger partial charge in [-0.3, -0.25) is 9.78 Å². The quantitative estimate of drug-likeness (QED) is 0.380. The Labute approximate surface area is 224 Å². The van der Waals surface area contributed by atoms with Crippen molar-refractivity contribution in [3.63, 3.8) is 0 Å². The van der Waals surface area contributed by atoms with Gasteiger partial charge in [-0.1, -0.05) is 60.7 Å². The first kappa shape index (κ1) is 28.1. The normalized spacial score (nSPS) is 19.1. The maximum absolute atomic E-state index is 13.9.